The van der Waals surface area contributed by atoms with Gasteiger partial charge in [0.05, 0.1) is 30.3 Å². The molecule has 4 rings (SSSR count). The topological polar surface area (TPSA) is 44.1 Å². The van der Waals surface area contributed by atoms with Crippen LogP contribution in [-0.4, -0.2) is 22.7 Å². The lowest BCUT2D eigenvalue weighted by atomic mass is 9.99. The Morgan fingerprint density at radius 3 is 2.00 bits per heavy atom. The number of ether oxygens (including phenoxy) is 1. The van der Waals surface area contributed by atoms with E-state index in [1.165, 1.54) is 0 Å². The molecule has 4 heteroatoms. The van der Waals surface area contributed by atoms with Crippen LogP contribution in [0.25, 0.3) is 16.9 Å². The van der Waals surface area contributed by atoms with Crippen molar-refractivity contribution in [3.8, 4) is 22.7 Å². The number of rotatable bonds is 5. The third kappa shape index (κ3) is 3.69. The van der Waals surface area contributed by atoms with Crippen molar-refractivity contribution in [3.63, 3.8) is 0 Å². The summed E-state index contributed by atoms with van der Waals surface area (Å²) in [4.78, 5) is 13.3. The zero-order valence-corrected chi connectivity index (χ0v) is 16.7. The molecule has 0 amide bonds. The Labute approximate surface area is 170 Å². The number of nitrogens with zero attached hydrogens (tertiary/aromatic N) is 2. The average Bonchev–Trinajstić information content (AvgIpc) is 3.19. The van der Waals surface area contributed by atoms with Gasteiger partial charge in [-0.25, -0.2) is 4.68 Å². The van der Waals surface area contributed by atoms with E-state index in [9.17, 15) is 4.79 Å². The monoisotopic (exact) mass is 382 g/mol. The SMILES string of the molecule is COc1ccc(-n2ncc(C(=O)c3ccc(C)cc3)c2-c2ccc(C)cc2)cc1. The van der Waals surface area contributed by atoms with Crippen molar-refractivity contribution in [3.05, 3.63) is 101 Å². The van der Waals surface area contributed by atoms with E-state index in [1.807, 2.05) is 91.3 Å². The van der Waals surface area contributed by atoms with Crippen LogP contribution in [0, 0.1) is 13.8 Å². The van der Waals surface area contributed by atoms with Gasteiger partial charge in [0, 0.05) is 11.1 Å². The van der Waals surface area contributed by atoms with E-state index in [4.69, 9.17) is 4.74 Å². The normalized spacial score (nSPS) is 10.7. The summed E-state index contributed by atoms with van der Waals surface area (Å²) in [6.07, 6.45) is 1.65. The van der Waals surface area contributed by atoms with Crippen molar-refractivity contribution in [2.45, 2.75) is 13.8 Å². The van der Waals surface area contributed by atoms with Gasteiger partial charge in [-0.2, -0.15) is 5.10 Å². The smallest absolute Gasteiger partial charge is 0.196 e. The Morgan fingerprint density at radius 2 is 1.41 bits per heavy atom. The maximum atomic E-state index is 13.3. The molecule has 3 aromatic carbocycles. The highest BCUT2D eigenvalue weighted by molar-refractivity contribution is 6.12. The maximum absolute atomic E-state index is 13.3. The number of carbonyl (C=O) groups is 1. The molecular weight excluding hydrogens is 360 g/mol. The lowest BCUT2D eigenvalue weighted by Gasteiger charge is -2.11. The molecule has 0 radical (unpaired) electrons. The molecule has 0 saturated carbocycles. The van der Waals surface area contributed by atoms with Crippen LogP contribution in [0.15, 0.2) is 79.0 Å². The van der Waals surface area contributed by atoms with Gasteiger partial charge in [-0.05, 0) is 38.1 Å². The van der Waals surface area contributed by atoms with Gasteiger partial charge in [0.1, 0.15) is 5.75 Å². The fourth-order valence-electron chi connectivity index (χ4n) is 3.28. The first-order valence-electron chi connectivity index (χ1n) is 9.47. The summed E-state index contributed by atoms with van der Waals surface area (Å²) in [7, 11) is 1.64. The first-order chi connectivity index (χ1) is 14.1. The molecule has 29 heavy (non-hydrogen) atoms. The van der Waals surface area contributed by atoms with Gasteiger partial charge in [0.2, 0.25) is 0 Å². The summed E-state index contributed by atoms with van der Waals surface area (Å²) in [6.45, 7) is 4.05. The van der Waals surface area contributed by atoms with Crippen LogP contribution in [0.4, 0.5) is 0 Å². The van der Waals surface area contributed by atoms with E-state index < -0.39 is 0 Å². The first-order valence-corrected chi connectivity index (χ1v) is 9.47. The van der Waals surface area contributed by atoms with Crippen molar-refractivity contribution >= 4 is 5.78 Å². The third-order valence-electron chi connectivity index (χ3n) is 4.97. The van der Waals surface area contributed by atoms with Crippen molar-refractivity contribution < 1.29 is 9.53 Å². The molecule has 0 bridgehead atoms. The molecule has 0 atom stereocenters. The van der Waals surface area contributed by atoms with Crippen molar-refractivity contribution in [2.75, 3.05) is 7.11 Å². The minimum absolute atomic E-state index is 0.0414. The van der Waals surface area contributed by atoms with E-state index in [2.05, 4.69) is 5.10 Å². The van der Waals surface area contributed by atoms with Crippen LogP contribution < -0.4 is 4.74 Å². The summed E-state index contributed by atoms with van der Waals surface area (Å²) in [6, 6.07) is 23.4. The van der Waals surface area contributed by atoms with Crippen molar-refractivity contribution in [1.82, 2.24) is 9.78 Å². The molecule has 0 aliphatic carbocycles. The second-order valence-electron chi connectivity index (χ2n) is 7.08. The summed E-state index contributed by atoms with van der Waals surface area (Å²) in [5.74, 6) is 0.731. The number of aromatic nitrogens is 2. The van der Waals surface area contributed by atoms with Gasteiger partial charge in [-0.1, -0.05) is 59.7 Å². The number of methoxy groups -OCH3 is 1. The Bertz CT molecular complexity index is 1140. The molecule has 1 aromatic heterocycles. The fourth-order valence-corrected chi connectivity index (χ4v) is 3.28. The maximum Gasteiger partial charge on any atom is 0.196 e. The summed E-state index contributed by atoms with van der Waals surface area (Å²) in [5.41, 5.74) is 6.10. The van der Waals surface area contributed by atoms with Gasteiger partial charge >= 0.3 is 0 Å². The molecule has 0 saturated heterocycles. The largest absolute Gasteiger partial charge is 0.497 e. The van der Waals surface area contributed by atoms with Crippen LogP contribution in [0.5, 0.6) is 5.75 Å². The molecule has 0 fully saturated rings. The molecular formula is C25H22N2O2. The van der Waals surface area contributed by atoms with Crippen LogP contribution in [-0.2, 0) is 0 Å². The van der Waals surface area contributed by atoms with Gasteiger partial charge in [-0.15, -0.1) is 0 Å². The number of ketones is 1. The molecule has 4 nitrogen and oxygen atoms in total. The van der Waals surface area contributed by atoms with Crippen LogP contribution in [0.3, 0.4) is 0 Å². The van der Waals surface area contributed by atoms with E-state index in [0.717, 1.165) is 33.8 Å². The molecule has 0 unspecified atom stereocenters. The molecule has 144 valence electrons. The Hall–Kier alpha value is -3.66. The number of hydrogen-bond donors (Lipinski definition) is 0. The fraction of sp³-hybridized carbons (Fsp3) is 0.120. The average molecular weight is 382 g/mol. The van der Waals surface area contributed by atoms with Crippen LogP contribution in [0.2, 0.25) is 0 Å². The molecule has 0 spiro atoms. The molecule has 0 N–H and O–H groups in total. The van der Waals surface area contributed by atoms with Gasteiger partial charge in [0.15, 0.2) is 5.78 Å². The number of benzene rings is 3. The second-order valence-corrected chi connectivity index (χ2v) is 7.08. The summed E-state index contributed by atoms with van der Waals surface area (Å²) in [5, 5.41) is 4.56. The number of carbonyl (C=O) groups excluding carboxylic acids is 1. The highest BCUT2D eigenvalue weighted by Crippen LogP contribution is 2.29. The Morgan fingerprint density at radius 1 is 0.828 bits per heavy atom. The Balaban J connectivity index is 1.87. The van der Waals surface area contributed by atoms with E-state index in [0.29, 0.717) is 11.1 Å². The van der Waals surface area contributed by atoms with Crippen LogP contribution >= 0.6 is 0 Å². The van der Waals surface area contributed by atoms with Gasteiger partial charge in [-0.3, -0.25) is 4.79 Å². The van der Waals surface area contributed by atoms with E-state index in [-0.39, 0.29) is 5.78 Å². The van der Waals surface area contributed by atoms with Crippen molar-refractivity contribution in [2.24, 2.45) is 0 Å². The lowest BCUT2D eigenvalue weighted by Crippen LogP contribution is -2.05. The Kier molecular flexibility index (Phi) is 5.00. The van der Waals surface area contributed by atoms with Crippen LogP contribution in [0.1, 0.15) is 27.0 Å². The van der Waals surface area contributed by atoms with Crippen molar-refractivity contribution in [1.29, 1.82) is 0 Å². The highest BCUT2D eigenvalue weighted by atomic mass is 16.5. The lowest BCUT2D eigenvalue weighted by molar-refractivity contribution is 0.103. The number of aryl methyl sites for hydroxylation is 2. The molecule has 1 heterocycles. The first kappa shape index (κ1) is 18.7. The third-order valence-corrected chi connectivity index (χ3v) is 4.97. The van der Waals surface area contributed by atoms with Gasteiger partial charge in [0.25, 0.3) is 0 Å². The quantitative estimate of drug-likeness (QED) is 0.434. The summed E-state index contributed by atoms with van der Waals surface area (Å²) >= 11 is 0. The highest BCUT2D eigenvalue weighted by Gasteiger charge is 2.21. The van der Waals surface area contributed by atoms with E-state index >= 15 is 0 Å². The minimum Gasteiger partial charge on any atom is -0.497 e. The van der Waals surface area contributed by atoms with E-state index in [1.54, 1.807) is 13.3 Å². The predicted molar refractivity (Wildman–Crippen MR) is 115 cm³/mol. The summed E-state index contributed by atoms with van der Waals surface area (Å²) < 4.78 is 7.07. The standard InChI is InChI=1S/C25H22N2O2/c1-17-4-8-19(9-5-17)24-23(25(28)20-10-6-18(2)7-11-20)16-26-27(24)21-12-14-22(29-3)15-13-21/h4-16H,1-3H3. The number of hydrogen-bond acceptors (Lipinski definition) is 3. The molecule has 0 aliphatic rings. The zero-order chi connectivity index (χ0) is 20.4. The minimum atomic E-state index is -0.0414. The molecule has 0 aliphatic heterocycles. The second kappa shape index (κ2) is 7.76. The zero-order valence-electron chi connectivity index (χ0n) is 16.7. The predicted octanol–water partition coefficient (Wildman–Crippen LogP) is 5.40. The van der Waals surface area contributed by atoms with Gasteiger partial charge < -0.3 is 4.74 Å². The molecule has 4 aromatic rings.